The molecule has 1 rings (SSSR count). The van der Waals surface area contributed by atoms with E-state index in [0.717, 1.165) is 23.3 Å². The van der Waals surface area contributed by atoms with Crippen molar-refractivity contribution in [2.75, 3.05) is 18.8 Å². The predicted molar refractivity (Wildman–Crippen MR) is 78.6 cm³/mol. The molecule has 0 saturated carbocycles. The van der Waals surface area contributed by atoms with Crippen molar-refractivity contribution < 1.29 is 0 Å². The van der Waals surface area contributed by atoms with Gasteiger partial charge >= 0.3 is 0 Å². The zero-order chi connectivity index (χ0) is 12.2. The third-order valence-corrected chi connectivity index (χ3v) is 3.50. The Morgan fingerprint density at radius 3 is 2.69 bits per heavy atom. The van der Waals surface area contributed by atoms with E-state index in [1.807, 2.05) is 0 Å². The summed E-state index contributed by atoms with van der Waals surface area (Å²) in [6, 6.07) is 6.48. The van der Waals surface area contributed by atoms with Crippen LogP contribution in [-0.4, -0.2) is 18.8 Å². The van der Waals surface area contributed by atoms with Gasteiger partial charge in [0.25, 0.3) is 0 Å². The minimum absolute atomic E-state index is 0.150. The van der Waals surface area contributed by atoms with E-state index in [9.17, 15) is 0 Å². The van der Waals surface area contributed by atoms with Crippen molar-refractivity contribution in [3.63, 3.8) is 0 Å². The van der Waals surface area contributed by atoms with Gasteiger partial charge in [-0.15, -0.1) is 0 Å². The molecule has 0 aliphatic heterocycles. The van der Waals surface area contributed by atoms with E-state index in [-0.39, 0.29) is 5.41 Å². The Kier molecular flexibility index (Phi) is 5.35. The first kappa shape index (κ1) is 14.1. The molecule has 0 aromatic heterocycles. The Balaban J connectivity index is 2.83. The third kappa shape index (κ3) is 3.79. The minimum atomic E-state index is 0.150. The number of benzene rings is 1. The Labute approximate surface area is 113 Å². The van der Waals surface area contributed by atoms with Crippen molar-refractivity contribution in [1.82, 2.24) is 5.32 Å². The monoisotopic (exact) mass is 301 g/mol. The lowest BCUT2D eigenvalue weighted by atomic mass is 9.82. The van der Waals surface area contributed by atoms with Crippen LogP contribution in [0.2, 0.25) is 0 Å². The van der Waals surface area contributed by atoms with Gasteiger partial charge in [-0.05, 0) is 30.2 Å². The molecular weight excluding hydrogens is 282 g/mol. The molecule has 0 fully saturated rings. The van der Waals surface area contributed by atoms with Gasteiger partial charge in [-0.1, -0.05) is 35.8 Å². The lowest BCUT2D eigenvalue weighted by Gasteiger charge is -2.27. The van der Waals surface area contributed by atoms with Crippen molar-refractivity contribution in [3.8, 4) is 0 Å². The van der Waals surface area contributed by atoms with Crippen LogP contribution in [0.5, 0.6) is 0 Å². The molecule has 0 aliphatic carbocycles. The number of aryl methyl sites for hydroxylation is 1. The van der Waals surface area contributed by atoms with Crippen molar-refractivity contribution in [2.45, 2.75) is 26.2 Å². The molecule has 1 aromatic carbocycles. The van der Waals surface area contributed by atoms with Crippen molar-refractivity contribution >= 4 is 28.6 Å². The molecule has 1 N–H and O–H groups in total. The fraction of sp³-hybridized carbons (Fsp3) is 0.538. The van der Waals surface area contributed by atoms with E-state index in [0.29, 0.717) is 0 Å². The molecule has 0 saturated heterocycles. The summed E-state index contributed by atoms with van der Waals surface area (Å²) in [5, 5.41) is 3.43. The number of nitrogens with one attached hydrogen (secondary N) is 1. The maximum Gasteiger partial charge on any atom is 0.0178 e. The van der Waals surface area contributed by atoms with Crippen LogP contribution < -0.4 is 5.32 Å². The van der Waals surface area contributed by atoms with Crippen LogP contribution in [0.1, 0.15) is 25.0 Å². The van der Waals surface area contributed by atoms with E-state index in [1.54, 1.807) is 0 Å². The Bertz CT molecular complexity index is 350. The highest BCUT2D eigenvalue weighted by Gasteiger charge is 2.22. The Hall–Kier alpha value is 0.01000. The third-order valence-electron chi connectivity index (χ3n) is 2.78. The summed E-state index contributed by atoms with van der Waals surface area (Å²) in [5.41, 5.74) is 2.89. The van der Waals surface area contributed by atoms with Gasteiger partial charge in [0.2, 0.25) is 0 Å². The van der Waals surface area contributed by atoms with Gasteiger partial charge in [0.15, 0.2) is 0 Å². The topological polar surface area (TPSA) is 12.0 Å². The first-order chi connectivity index (χ1) is 7.47. The van der Waals surface area contributed by atoms with E-state index in [2.05, 4.69) is 72.8 Å². The van der Waals surface area contributed by atoms with E-state index >= 15 is 0 Å². The lowest BCUT2D eigenvalue weighted by molar-refractivity contribution is 0.476. The van der Waals surface area contributed by atoms with Gasteiger partial charge in [-0.25, -0.2) is 0 Å². The number of rotatable bonds is 5. The molecule has 16 heavy (non-hydrogen) atoms. The van der Waals surface area contributed by atoms with Crippen molar-refractivity contribution in [2.24, 2.45) is 0 Å². The summed E-state index contributed by atoms with van der Waals surface area (Å²) in [6.07, 6.45) is 0. The largest absolute Gasteiger partial charge is 0.315 e. The summed E-state index contributed by atoms with van der Waals surface area (Å²) in [5.74, 6) is 0.882. The molecular formula is C13H20BrNS. The van der Waals surface area contributed by atoms with Gasteiger partial charge in [0.05, 0.1) is 0 Å². The van der Waals surface area contributed by atoms with E-state index in [4.69, 9.17) is 0 Å². The van der Waals surface area contributed by atoms with Crippen molar-refractivity contribution in [3.05, 3.63) is 33.8 Å². The van der Waals surface area contributed by atoms with Crippen LogP contribution >= 0.6 is 28.6 Å². The number of halogens is 1. The van der Waals surface area contributed by atoms with Gasteiger partial charge in [-0.2, -0.15) is 12.6 Å². The van der Waals surface area contributed by atoms with Gasteiger partial charge in [0.1, 0.15) is 0 Å². The SMILES string of the molecule is Cc1ccc(Br)cc1C(C)(C)CNCCS. The average molecular weight is 302 g/mol. The number of hydrogen-bond donors (Lipinski definition) is 2. The maximum absolute atomic E-state index is 4.20. The average Bonchev–Trinajstić information content (AvgIpc) is 2.22. The summed E-state index contributed by atoms with van der Waals surface area (Å²) < 4.78 is 1.15. The lowest BCUT2D eigenvalue weighted by Crippen LogP contribution is -2.34. The van der Waals surface area contributed by atoms with Gasteiger partial charge in [-0.3, -0.25) is 0 Å². The summed E-state index contributed by atoms with van der Waals surface area (Å²) in [4.78, 5) is 0. The summed E-state index contributed by atoms with van der Waals surface area (Å²) >= 11 is 7.74. The molecule has 0 bridgehead atoms. The smallest absolute Gasteiger partial charge is 0.0178 e. The molecule has 0 unspecified atom stereocenters. The quantitative estimate of drug-likeness (QED) is 0.626. The Morgan fingerprint density at radius 2 is 2.06 bits per heavy atom. The second-order valence-corrected chi connectivity index (χ2v) is 6.11. The zero-order valence-corrected chi connectivity index (χ0v) is 12.7. The number of hydrogen-bond acceptors (Lipinski definition) is 2. The second-order valence-electron chi connectivity index (χ2n) is 4.74. The molecule has 0 spiro atoms. The molecule has 1 nitrogen and oxygen atoms in total. The molecule has 0 radical (unpaired) electrons. The first-order valence-electron chi connectivity index (χ1n) is 5.55. The van der Waals surface area contributed by atoms with Gasteiger partial charge < -0.3 is 5.32 Å². The summed E-state index contributed by atoms with van der Waals surface area (Å²) in [6.45, 7) is 8.65. The second kappa shape index (κ2) is 6.08. The van der Waals surface area contributed by atoms with E-state index in [1.165, 1.54) is 11.1 Å². The zero-order valence-electron chi connectivity index (χ0n) is 10.2. The predicted octanol–water partition coefficient (Wildman–Crippen LogP) is 3.55. The van der Waals surface area contributed by atoms with Crippen LogP contribution in [0, 0.1) is 6.92 Å². The highest BCUT2D eigenvalue weighted by Crippen LogP contribution is 2.28. The Morgan fingerprint density at radius 1 is 1.38 bits per heavy atom. The molecule has 1 aromatic rings. The molecule has 90 valence electrons. The normalized spacial score (nSPS) is 11.8. The summed E-state index contributed by atoms with van der Waals surface area (Å²) in [7, 11) is 0. The fourth-order valence-electron chi connectivity index (χ4n) is 1.90. The molecule has 0 aliphatic rings. The maximum atomic E-state index is 4.20. The van der Waals surface area contributed by atoms with Gasteiger partial charge in [0, 0.05) is 28.7 Å². The highest BCUT2D eigenvalue weighted by atomic mass is 79.9. The van der Waals surface area contributed by atoms with Crippen LogP contribution in [0.4, 0.5) is 0 Å². The van der Waals surface area contributed by atoms with Crippen LogP contribution in [0.25, 0.3) is 0 Å². The first-order valence-corrected chi connectivity index (χ1v) is 6.98. The number of thiol groups is 1. The highest BCUT2D eigenvalue weighted by molar-refractivity contribution is 9.10. The van der Waals surface area contributed by atoms with E-state index < -0.39 is 0 Å². The van der Waals surface area contributed by atoms with Crippen molar-refractivity contribution in [1.29, 1.82) is 0 Å². The van der Waals surface area contributed by atoms with Crippen LogP contribution in [0.3, 0.4) is 0 Å². The van der Waals surface area contributed by atoms with Crippen LogP contribution in [0.15, 0.2) is 22.7 Å². The molecule has 0 amide bonds. The molecule has 3 heteroatoms. The minimum Gasteiger partial charge on any atom is -0.315 e. The van der Waals surface area contributed by atoms with Crippen LogP contribution in [-0.2, 0) is 5.41 Å². The molecule has 0 heterocycles. The standard InChI is InChI=1S/C13H20BrNS/c1-10-4-5-11(14)8-12(10)13(2,3)9-15-6-7-16/h4-5,8,15-16H,6-7,9H2,1-3H3. The fourth-order valence-corrected chi connectivity index (χ4v) is 2.42. The molecule has 0 atom stereocenters.